The first-order valence-corrected chi connectivity index (χ1v) is 9.52. The molecule has 2 aromatic rings. The van der Waals surface area contributed by atoms with Crippen molar-refractivity contribution >= 4 is 17.4 Å². The smallest absolute Gasteiger partial charge is 0.178 e. The molecule has 136 valence electrons. The SMILES string of the molecule is O=C(CN1C[C@@H]2C[C@](O)(Cc3ccccc3)C[C@@H]2C1)c1ccc(Cl)nc1. The van der Waals surface area contributed by atoms with E-state index < -0.39 is 5.60 Å². The molecule has 26 heavy (non-hydrogen) atoms. The lowest BCUT2D eigenvalue weighted by atomic mass is 9.91. The fourth-order valence-corrected chi connectivity index (χ4v) is 4.75. The molecular formula is C21H23ClN2O2. The van der Waals surface area contributed by atoms with Gasteiger partial charge in [-0.3, -0.25) is 9.69 Å². The Hall–Kier alpha value is -1.75. The number of Topliss-reactive ketones (excluding diaryl/α,β-unsaturated/α-hetero) is 1. The summed E-state index contributed by atoms with van der Waals surface area (Å²) in [5.74, 6) is 1.02. The average molecular weight is 371 g/mol. The predicted octanol–water partition coefficient (Wildman–Crippen LogP) is 3.23. The molecule has 0 amide bonds. The van der Waals surface area contributed by atoms with Crippen LogP contribution < -0.4 is 0 Å². The highest BCUT2D eigenvalue weighted by Gasteiger charge is 2.48. The number of hydrogen-bond donors (Lipinski definition) is 1. The van der Waals surface area contributed by atoms with Gasteiger partial charge in [-0.1, -0.05) is 41.9 Å². The van der Waals surface area contributed by atoms with E-state index >= 15 is 0 Å². The van der Waals surface area contributed by atoms with Gasteiger partial charge in [-0.05, 0) is 42.4 Å². The number of fused-ring (bicyclic) bond motifs is 1. The van der Waals surface area contributed by atoms with E-state index in [0.717, 1.165) is 32.4 Å². The molecule has 4 rings (SSSR count). The molecule has 1 N–H and O–H groups in total. The third-order valence-corrected chi connectivity index (χ3v) is 5.95. The average Bonchev–Trinajstić information content (AvgIpc) is 3.10. The Bertz CT molecular complexity index is 764. The first kappa shape index (κ1) is 17.7. The van der Waals surface area contributed by atoms with Gasteiger partial charge in [-0.2, -0.15) is 0 Å². The molecule has 5 heteroatoms. The summed E-state index contributed by atoms with van der Waals surface area (Å²) < 4.78 is 0. The molecule has 1 aromatic heterocycles. The molecule has 0 radical (unpaired) electrons. The molecule has 2 aliphatic rings. The van der Waals surface area contributed by atoms with Crippen molar-refractivity contribution in [3.05, 3.63) is 64.9 Å². The Kier molecular flexibility index (Phi) is 4.82. The van der Waals surface area contributed by atoms with Crippen LogP contribution in [0.15, 0.2) is 48.7 Å². The molecule has 3 atom stereocenters. The van der Waals surface area contributed by atoms with Gasteiger partial charge in [-0.25, -0.2) is 4.98 Å². The van der Waals surface area contributed by atoms with Crippen LogP contribution in [0.3, 0.4) is 0 Å². The van der Waals surface area contributed by atoms with E-state index in [-0.39, 0.29) is 5.78 Å². The van der Waals surface area contributed by atoms with Crippen LogP contribution in [-0.4, -0.2) is 46.0 Å². The number of halogens is 1. The number of benzene rings is 1. The zero-order valence-corrected chi connectivity index (χ0v) is 15.4. The molecule has 4 nitrogen and oxygen atoms in total. The molecular weight excluding hydrogens is 348 g/mol. The summed E-state index contributed by atoms with van der Waals surface area (Å²) in [5.41, 5.74) is 1.19. The van der Waals surface area contributed by atoms with E-state index in [1.165, 1.54) is 5.56 Å². The maximum Gasteiger partial charge on any atom is 0.178 e. The third-order valence-electron chi connectivity index (χ3n) is 5.73. The van der Waals surface area contributed by atoms with Gasteiger partial charge < -0.3 is 5.11 Å². The molecule has 1 aliphatic heterocycles. The number of rotatable bonds is 5. The number of aliphatic hydroxyl groups is 1. The second-order valence-corrected chi connectivity index (χ2v) is 8.19. The quantitative estimate of drug-likeness (QED) is 0.648. The zero-order valence-electron chi connectivity index (χ0n) is 14.6. The summed E-state index contributed by atoms with van der Waals surface area (Å²) in [4.78, 5) is 18.6. The standard InChI is InChI=1S/C21H23ClN2O2/c22-20-7-6-16(11-23-20)19(25)14-24-12-17-9-21(26,10-18(17)13-24)8-15-4-2-1-3-5-15/h1-7,11,17-18,26H,8-10,12-14H2/t17-,18+,21+. The van der Waals surface area contributed by atoms with Crippen LogP contribution in [0.1, 0.15) is 28.8 Å². The summed E-state index contributed by atoms with van der Waals surface area (Å²) in [5, 5.41) is 11.4. The van der Waals surface area contributed by atoms with Crippen molar-refractivity contribution in [1.82, 2.24) is 9.88 Å². The highest BCUT2D eigenvalue weighted by atomic mass is 35.5. The van der Waals surface area contributed by atoms with Crippen LogP contribution in [0, 0.1) is 11.8 Å². The summed E-state index contributed by atoms with van der Waals surface area (Å²) >= 11 is 5.78. The normalized spacial score (nSPS) is 28.2. The molecule has 2 fully saturated rings. The van der Waals surface area contributed by atoms with Crippen LogP contribution in [-0.2, 0) is 6.42 Å². The van der Waals surface area contributed by atoms with Gasteiger partial charge in [0.1, 0.15) is 5.15 Å². The largest absolute Gasteiger partial charge is 0.390 e. The van der Waals surface area contributed by atoms with Crippen LogP contribution in [0.2, 0.25) is 5.15 Å². The minimum atomic E-state index is -0.604. The number of hydrogen-bond acceptors (Lipinski definition) is 4. The topological polar surface area (TPSA) is 53.4 Å². The van der Waals surface area contributed by atoms with Crippen LogP contribution in [0.5, 0.6) is 0 Å². The van der Waals surface area contributed by atoms with E-state index in [0.29, 0.717) is 29.1 Å². The lowest BCUT2D eigenvalue weighted by Crippen LogP contribution is -2.34. The van der Waals surface area contributed by atoms with Crippen LogP contribution in [0.4, 0.5) is 0 Å². The Morgan fingerprint density at radius 1 is 1.15 bits per heavy atom. The monoisotopic (exact) mass is 370 g/mol. The molecule has 0 spiro atoms. The lowest BCUT2D eigenvalue weighted by Gasteiger charge is -2.26. The zero-order chi connectivity index (χ0) is 18.1. The first-order chi connectivity index (χ1) is 12.5. The van der Waals surface area contributed by atoms with Crippen molar-refractivity contribution in [1.29, 1.82) is 0 Å². The molecule has 1 aliphatic carbocycles. The molecule has 1 saturated heterocycles. The van der Waals surface area contributed by atoms with E-state index in [2.05, 4.69) is 22.0 Å². The van der Waals surface area contributed by atoms with Gasteiger partial charge in [0.15, 0.2) is 5.78 Å². The maximum atomic E-state index is 12.4. The minimum Gasteiger partial charge on any atom is -0.390 e. The van der Waals surface area contributed by atoms with Crippen molar-refractivity contribution in [3.8, 4) is 0 Å². The Balaban J connectivity index is 1.33. The fraction of sp³-hybridized carbons (Fsp3) is 0.429. The van der Waals surface area contributed by atoms with E-state index in [4.69, 9.17) is 11.6 Å². The lowest BCUT2D eigenvalue weighted by molar-refractivity contribution is 0.0355. The van der Waals surface area contributed by atoms with Gasteiger partial charge in [-0.15, -0.1) is 0 Å². The van der Waals surface area contributed by atoms with E-state index in [9.17, 15) is 9.90 Å². The number of carbonyl (C=O) groups is 1. The molecule has 2 heterocycles. The Morgan fingerprint density at radius 2 is 1.85 bits per heavy atom. The van der Waals surface area contributed by atoms with Gasteiger partial charge in [0.2, 0.25) is 0 Å². The van der Waals surface area contributed by atoms with Gasteiger partial charge >= 0.3 is 0 Å². The third kappa shape index (κ3) is 3.83. The fourth-order valence-electron chi connectivity index (χ4n) is 4.64. The van der Waals surface area contributed by atoms with Gasteiger partial charge in [0, 0.05) is 31.3 Å². The second kappa shape index (κ2) is 7.10. The van der Waals surface area contributed by atoms with Crippen LogP contribution >= 0.6 is 11.6 Å². The number of pyridine rings is 1. The maximum absolute atomic E-state index is 12.4. The van der Waals surface area contributed by atoms with Crippen molar-refractivity contribution in [3.63, 3.8) is 0 Å². The first-order valence-electron chi connectivity index (χ1n) is 9.14. The number of ketones is 1. The Labute approximate surface area is 158 Å². The highest BCUT2D eigenvalue weighted by Crippen LogP contribution is 2.45. The van der Waals surface area contributed by atoms with Gasteiger partial charge in [0.05, 0.1) is 12.1 Å². The predicted molar refractivity (Wildman–Crippen MR) is 101 cm³/mol. The van der Waals surface area contributed by atoms with Crippen molar-refractivity contribution in [2.75, 3.05) is 19.6 Å². The highest BCUT2D eigenvalue weighted by molar-refractivity contribution is 6.29. The molecule has 0 unspecified atom stereocenters. The summed E-state index contributed by atoms with van der Waals surface area (Å²) in [6.45, 7) is 2.18. The van der Waals surface area contributed by atoms with Crippen molar-refractivity contribution in [2.24, 2.45) is 11.8 Å². The number of nitrogens with zero attached hydrogens (tertiary/aromatic N) is 2. The summed E-state index contributed by atoms with van der Waals surface area (Å²) in [7, 11) is 0. The van der Waals surface area contributed by atoms with Crippen molar-refractivity contribution in [2.45, 2.75) is 24.9 Å². The van der Waals surface area contributed by atoms with Gasteiger partial charge in [0.25, 0.3) is 0 Å². The van der Waals surface area contributed by atoms with Crippen LogP contribution in [0.25, 0.3) is 0 Å². The number of aromatic nitrogens is 1. The minimum absolute atomic E-state index is 0.0775. The number of likely N-dealkylation sites (tertiary alicyclic amines) is 1. The van der Waals surface area contributed by atoms with Crippen molar-refractivity contribution < 1.29 is 9.90 Å². The molecule has 1 aromatic carbocycles. The van der Waals surface area contributed by atoms with E-state index in [1.807, 2.05) is 18.2 Å². The van der Waals surface area contributed by atoms with E-state index in [1.54, 1.807) is 18.3 Å². The number of carbonyl (C=O) groups excluding carboxylic acids is 1. The summed E-state index contributed by atoms with van der Waals surface area (Å²) in [6, 6.07) is 13.6. The Morgan fingerprint density at radius 3 is 2.46 bits per heavy atom. The summed E-state index contributed by atoms with van der Waals surface area (Å²) in [6.07, 6.45) is 3.90. The molecule has 0 bridgehead atoms. The molecule has 1 saturated carbocycles. The second-order valence-electron chi connectivity index (χ2n) is 7.80.